The Morgan fingerprint density at radius 1 is 1.35 bits per heavy atom. The van der Waals surface area contributed by atoms with Crippen LogP contribution >= 0.6 is 27.5 Å². The van der Waals surface area contributed by atoms with E-state index in [2.05, 4.69) is 15.9 Å². The summed E-state index contributed by atoms with van der Waals surface area (Å²) in [6, 6.07) is 11.4. The maximum Gasteiger partial charge on any atom is 0.123 e. The Balaban J connectivity index is 1.97. The molecule has 2 atom stereocenters. The van der Waals surface area contributed by atoms with E-state index >= 15 is 0 Å². The van der Waals surface area contributed by atoms with Crippen molar-refractivity contribution in [2.24, 2.45) is 0 Å². The molecule has 104 valence electrons. The molecule has 2 unspecified atom stereocenters. The standard InChI is InChI=1S/C16H14BrClO2/c1-9-7-11-8-10(5-6-14(11)20-9)16(19)12-3-2-4-13(17)15(12)18/h2-6,8-9,16,19H,7H2,1H3. The summed E-state index contributed by atoms with van der Waals surface area (Å²) in [7, 11) is 0. The summed E-state index contributed by atoms with van der Waals surface area (Å²) in [6.07, 6.45) is 0.343. The summed E-state index contributed by atoms with van der Waals surface area (Å²) in [5.41, 5.74) is 2.68. The highest BCUT2D eigenvalue weighted by Gasteiger charge is 2.22. The third kappa shape index (κ3) is 2.46. The molecule has 1 aliphatic rings. The second-order valence-corrected chi connectivity index (χ2v) is 6.28. The smallest absolute Gasteiger partial charge is 0.123 e. The van der Waals surface area contributed by atoms with Gasteiger partial charge in [0.1, 0.15) is 18.0 Å². The fraction of sp³-hybridized carbons (Fsp3) is 0.250. The van der Waals surface area contributed by atoms with Gasteiger partial charge < -0.3 is 9.84 Å². The quantitative estimate of drug-likeness (QED) is 0.861. The van der Waals surface area contributed by atoms with E-state index in [0.717, 1.165) is 27.8 Å². The molecule has 4 heteroatoms. The summed E-state index contributed by atoms with van der Waals surface area (Å²) < 4.78 is 6.46. The van der Waals surface area contributed by atoms with Crippen LogP contribution in [-0.2, 0) is 6.42 Å². The molecule has 0 aliphatic carbocycles. The van der Waals surface area contributed by atoms with Crippen LogP contribution in [0.4, 0.5) is 0 Å². The first-order valence-corrected chi connectivity index (χ1v) is 7.65. The van der Waals surface area contributed by atoms with E-state index in [9.17, 15) is 5.11 Å². The van der Waals surface area contributed by atoms with Gasteiger partial charge in [-0.1, -0.05) is 29.8 Å². The van der Waals surface area contributed by atoms with E-state index in [1.165, 1.54) is 0 Å². The molecule has 0 spiro atoms. The molecular formula is C16H14BrClO2. The van der Waals surface area contributed by atoms with Gasteiger partial charge in [0.2, 0.25) is 0 Å². The monoisotopic (exact) mass is 352 g/mol. The first kappa shape index (κ1) is 13.9. The molecule has 1 N–H and O–H groups in total. The Labute approximate surface area is 131 Å². The van der Waals surface area contributed by atoms with Crippen LogP contribution in [0.15, 0.2) is 40.9 Å². The van der Waals surface area contributed by atoms with Gasteiger partial charge in [-0.2, -0.15) is 0 Å². The van der Waals surface area contributed by atoms with Crippen LogP contribution < -0.4 is 4.74 Å². The average molecular weight is 354 g/mol. The number of rotatable bonds is 2. The fourth-order valence-electron chi connectivity index (χ4n) is 2.52. The van der Waals surface area contributed by atoms with Crippen molar-refractivity contribution in [3.8, 4) is 5.75 Å². The predicted molar refractivity (Wildman–Crippen MR) is 83.4 cm³/mol. The molecule has 1 aliphatic heterocycles. The molecule has 2 aromatic carbocycles. The SMILES string of the molecule is CC1Cc2cc(C(O)c3cccc(Br)c3Cl)ccc2O1. The molecule has 0 radical (unpaired) electrons. The van der Waals surface area contributed by atoms with Crippen molar-refractivity contribution in [3.63, 3.8) is 0 Å². The lowest BCUT2D eigenvalue weighted by molar-refractivity contribution is 0.220. The van der Waals surface area contributed by atoms with Gasteiger partial charge in [0.15, 0.2) is 0 Å². The lowest BCUT2D eigenvalue weighted by Crippen LogP contribution is -2.05. The van der Waals surface area contributed by atoms with E-state index in [0.29, 0.717) is 10.6 Å². The van der Waals surface area contributed by atoms with Crippen LogP contribution in [0.2, 0.25) is 5.02 Å². The van der Waals surface area contributed by atoms with Crippen molar-refractivity contribution in [1.82, 2.24) is 0 Å². The number of hydrogen-bond acceptors (Lipinski definition) is 2. The summed E-state index contributed by atoms with van der Waals surface area (Å²) in [6.45, 7) is 2.04. The number of halogens is 2. The van der Waals surface area contributed by atoms with Crippen molar-refractivity contribution in [1.29, 1.82) is 0 Å². The van der Waals surface area contributed by atoms with Gasteiger partial charge >= 0.3 is 0 Å². The molecular weight excluding hydrogens is 340 g/mol. The molecule has 0 bridgehead atoms. The molecule has 0 saturated carbocycles. The largest absolute Gasteiger partial charge is 0.490 e. The summed E-state index contributed by atoms with van der Waals surface area (Å²) in [4.78, 5) is 0. The number of benzene rings is 2. The number of aliphatic hydroxyl groups excluding tert-OH is 1. The molecule has 0 aromatic heterocycles. The second-order valence-electron chi connectivity index (χ2n) is 5.05. The van der Waals surface area contributed by atoms with Gasteiger partial charge in [0.05, 0.1) is 5.02 Å². The summed E-state index contributed by atoms with van der Waals surface area (Å²) >= 11 is 9.63. The topological polar surface area (TPSA) is 29.5 Å². The average Bonchev–Trinajstić information content (AvgIpc) is 2.80. The third-order valence-corrected chi connectivity index (χ3v) is 4.82. The Bertz CT molecular complexity index is 657. The zero-order valence-electron chi connectivity index (χ0n) is 10.9. The predicted octanol–water partition coefficient (Wildman–Crippen LogP) is 4.51. The van der Waals surface area contributed by atoms with E-state index in [4.69, 9.17) is 16.3 Å². The van der Waals surface area contributed by atoms with Crippen LogP contribution in [0.1, 0.15) is 29.7 Å². The van der Waals surface area contributed by atoms with Crippen LogP contribution in [0, 0.1) is 0 Å². The van der Waals surface area contributed by atoms with E-state index in [-0.39, 0.29) is 6.10 Å². The maximum absolute atomic E-state index is 10.5. The van der Waals surface area contributed by atoms with E-state index in [1.54, 1.807) is 0 Å². The normalized spacial score (nSPS) is 18.5. The third-order valence-electron chi connectivity index (χ3n) is 3.51. The number of ether oxygens (including phenoxy) is 1. The first-order chi connectivity index (χ1) is 9.56. The Kier molecular flexibility index (Phi) is 3.76. The summed E-state index contributed by atoms with van der Waals surface area (Å²) in [5, 5.41) is 11.1. The van der Waals surface area contributed by atoms with Crippen molar-refractivity contribution in [2.75, 3.05) is 0 Å². The molecule has 0 saturated heterocycles. The molecule has 0 fully saturated rings. The van der Waals surface area contributed by atoms with Gasteiger partial charge in [-0.15, -0.1) is 0 Å². The van der Waals surface area contributed by atoms with Crippen LogP contribution in [-0.4, -0.2) is 11.2 Å². The molecule has 0 amide bonds. The highest BCUT2D eigenvalue weighted by atomic mass is 79.9. The minimum atomic E-state index is -0.735. The van der Waals surface area contributed by atoms with Crippen LogP contribution in [0.25, 0.3) is 0 Å². The lowest BCUT2D eigenvalue weighted by Gasteiger charge is -2.14. The lowest BCUT2D eigenvalue weighted by atomic mass is 9.98. The fourth-order valence-corrected chi connectivity index (χ4v) is 3.13. The van der Waals surface area contributed by atoms with Crippen LogP contribution in [0.5, 0.6) is 5.75 Å². The number of aliphatic hydroxyl groups is 1. The van der Waals surface area contributed by atoms with Crippen molar-refractivity contribution < 1.29 is 9.84 Å². The highest BCUT2D eigenvalue weighted by molar-refractivity contribution is 9.10. The summed E-state index contributed by atoms with van der Waals surface area (Å²) in [5.74, 6) is 0.911. The molecule has 1 heterocycles. The highest BCUT2D eigenvalue weighted by Crippen LogP contribution is 2.36. The van der Waals surface area contributed by atoms with Gasteiger partial charge in [0.25, 0.3) is 0 Å². The second kappa shape index (κ2) is 5.40. The number of fused-ring (bicyclic) bond motifs is 1. The first-order valence-electron chi connectivity index (χ1n) is 6.47. The zero-order chi connectivity index (χ0) is 14.3. The minimum Gasteiger partial charge on any atom is -0.490 e. The molecule has 2 aromatic rings. The van der Waals surface area contributed by atoms with Crippen LogP contribution in [0.3, 0.4) is 0 Å². The van der Waals surface area contributed by atoms with Gasteiger partial charge in [0, 0.05) is 16.5 Å². The Hall–Kier alpha value is -1.03. The van der Waals surface area contributed by atoms with Crippen molar-refractivity contribution in [3.05, 3.63) is 62.6 Å². The molecule has 2 nitrogen and oxygen atoms in total. The molecule has 3 rings (SSSR count). The van der Waals surface area contributed by atoms with Crippen molar-refractivity contribution >= 4 is 27.5 Å². The zero-order valence-corrected chi connectivity index (χ0v) is 13.3. The van der Waals surface area contributed by atoms with Gasteiger partial charge in [-0.05, 0) is 52.2 Å². The number of hydrogen-bond donors (Lipinski definition) is 1. The Morgan fingerprint density at radius 3 is 2.95 bits per heavy atom. The van der Waals surface area contributed by atoms with E-state index < -0.39 is 6.10 Å². The van der Waals surface area contributed by atoms with Crippen molar-refractivity contribution in [2.45, 2.75) is 25.6 Å². The molecule has 20 heavy (non-hydrogen) atoms. The van der Waals surface area contributed by atoms with E-state index in [1.807, 2.05) is 43.3 Å². The van der Waals surface area contributed by atoms with Gasteiger partial charge in [-0.3, -0.25) is 0 Å². The minimum absolute atomic E-state index is 0.201. The Morgan fingerprint density at radius 2 is 2.15 bits per heavy atom. The maximum atomic E-state index is 10.5. The van der Waals surface area contributed by atoms with Gasteiger partial charge in [-0.25, -0.2) is 0 Å².